The lowest BCUT2D eigenvalue weighted by Gasteiger charge is -2.46. The van der Waals surface area contributed by atoms with Crippen molar-refractivity contribution in [3.8, 4) is 0 Å². The van der Waals surface area contributed by atoms with E-state index in [0.29, 0.717) is 15.6 Å². The second-order valence-corrected chi connectivity index (χ2v) is 10.8. The fourth-order valence-corrected chi connectivity index (χ4v) is 5.64. The van der Waals surface area contributed by atoms with Crippen molar-refractivity contribution in [3.05, 3.63) is 38.7 Å². The molecule has 39 heavy (non-hydrogen) atoms. The van der Waals surface area contributed by atoms with Crippen LogP contribution in [0.1, 0.15) is 33.3 Å². The second-order valence-electron chi connectivity index (χ2n) is 8.31. The number of hydrogen-bond donors (Lipinski definition) is 0. The molecule has 2 aliphatic heterocycles. The molecule has 0 unspecified atom stereocenters. The predicted molar refractivity (Wildman–Crippen MR) is 143 cm³/mol. The zero-order chi connectivity index (χ0) is 29.0. The number of amides is 1. The molecule has 0 saturated carbocycles. The highest BCUT2D eigenvalue weighted by atomic mass is 35.5. The highest BCUT2D eigenvalue weighted by Gasteiger charge is 2.56. The van der Waals surface area contributed by atoms with Crippen molar-refractivity contribution in [1.82, 2.24) is 4.90 Å². The monoisotopic (exact) mass is 619 g/mol. The average molecular weight is 620 g/mol. The number of hydrogen-bond acceptors (Lipinski definition) is 12. The lowest BCUT2D eigenvalue weighted by molar-refractivity contribution is -0.268. The van der Waals surface area contributed by atoms with Crippen LogP contribution in [0.4, 0.5) is 0 Å². The first kappa shape index (κ1) is 30.8. The summed E-state index contributed by atoms with van der Waals surface area (Å²) in [6, 6.07) is 4.72. The third-order valence-electron chi connectivity index (χ3n) is 5.29. The van der Waals surface area contributed by atoms with Crippen molar-refractivity contribution in [1.29, 1.82) is 0 Å². The number of benzene rings is 1. The highest BCUT2D eigenvalue weighted by molar-refractivity contribution is 8.26. The van der Waals surface area contributed by atoms with Crippen LogP contribution in [0.25, 0.3) is 6.08 Å². The van der Waals surface area contributed by atoms with Gasteiger partial charge in [-0.25, -0.2) is 0 Å². The Morgan fingerprint density at radius 2 is 1.56 bits per heavy atom. The largest absolute Gasteiger partial charge is 0.463 e. The Labute approximate surface area is 243 Å². The van der Waals surface area contributed by atoms with E-state index in [2.05, 4.69) is 0 Å². The lowest BCUT2D eigenvalue weighted by atomic mass is 9.96. The number of carbonyl (C=O) groups excluding carboxylic acids is 5. The highest BCUT2D eigenvalue weighted by Crippen LogP contribution is 2.40. The van der Waals surface area contributed by atoms with Crippen LogP contribution < -0.4 is 0 Å². The molecule has 0 aliphatic carbocycles. The summed E-state index contributed by atoms with van der Waals surface area (Å²) in [5.74, 6) is -3.68. The van der Waals surface area contributed by atoms with Gasteiger partial charge in [-0.15, -0.1) is 0 Å². The predicted octanol–water partition coefficient (Wildman–Crippen LogP) is 3.28. The smallest absolute Gasteiger partial charge is 0.303 e. The number of nitrogens with zero attached hydrogens (tertiary/aromatic N) is 1. The minimum absolute atomic E-state index is 0.0252. The van der Waals surface area contributed by atoms with Crippen molar-refractivity contribution in [2.75, 3.05) is 6.61 Å². The van der Waals surface area contributed by atoms with Gasteiger partial charge in [-0.05, 0) is 23.8 Å². The van der Waals surface area contributed by atoms with E-state index < -0.39 is 67.0 Å². The maximum atomic E-state index is 13.6. The fraction of sp³-hybridized carbons (Fsp3) is 0.417. The van der Waals surface area contributed by atoms with Gasteiger partial charge in [0.1, 0.15) is 12.7 Å². The van der Waals surface area contributed by atoms with Crippen LogP contribution in [0.15, 0.2) is 23.1 Å². The topological polar surface area (TPSA) is 135 Å². The molecule has 0 aromatic heterocycles. The van der Waals surface area contributed by atoms with Crippen molar-refractivity contribution in [2.45, 2.75) is 58.3 Å². The molecule has 0 spiro atoms. The average Bonchev–Trinajstić information content (AvgIpc) is 3.09. The van der Waals surface area contributed by atoms with Gasteiger partial charge in [-0.2, -0.15) is 0 Å². The summed E-state index contributed by atoms with van der Waals surface area (Å²) < 4.78 is 27.3. The van der Waals surface area contributed by atoms with E-state index in [9.17, 15) is 24.0 Å². The maximum Gasteiger partial charge on any atom is 0.303 e. The van der Waals surface area contributed by atoms with Crippen LogP contribution in [0.2, 0.25) is 10.0 Å². The molecule has 1 amide bonds. The molecule has 1 aromatic carbocycles. The van der Waals surface area contributed by atoms with E-state index in [1.54, 1.807) is 12.1 Å². The first-order valence-electron chi connectivity index (χ1n) is 11.3. The van der Waals surface area contributed by atoms with Crippen molar-refractivity contribution in [2.24, 2.45) is 0 Å². The Hall–Kier alpha value is -2.71. The molecular weight excluding hydrogens is 597 g/mol. The van der Waals surface area contributed by atoms with E-state index in [0.717, 1.165) is 44.4 Å². The van der Waals surface area contributed by atoms with Crippen LogP contribution in [-0.4, -0.2) is 76.3 Å². The Bertz CT molecular complexity index is 1240. The van der Waals surface area contributed by atoms with Crippen LogP contribution in [0.3, 0.4) is 0 Å². The Kier molecular flexibility index (Phi) is 10.4. The van der Waals surface area contributed by atoms with Crippen LogP contribution >= 0.6 is 47.2 Å². The van der Waals surface area contributed by atoms with E-state index >= 15 is 0 Å². The van der Waals surface area contributed by atoms with Gasteiger partial charge < -0.3 is 23.7 Å². The molecule has 2 heterocycles. The van der Waals surface area contributed by atoms with Gasteiger partial charge in [0.25, 0.3) is 5.91 Å². The van der Waals surface area contributed by atoms with Gasteiger partial charge in [0.15, 0.2) is 28.9 Å². The molecular formula is C24H23Cl2NO10S2. The molecule has 15 heteroatoms. The van der Waals surface area contributed by atoms with Crippen LogP contribution in [0, 0.1) is 0 Å². The molecule has 2 saturated heterocycles. The summed E-state index contributed by atoms with van der Waals surface area (Å²) >= 11 is 18.6. The summed E-state index contributed by atoms with van der Waals surface area (Å²) in [5, 5.41) is 0.697. The number of carbonyl (C=O) groups is 5. The summed E-state index contributed by atoms with van der Waals surface area (Å²) in [7, 11) is 0. The molecule has 2 fully saturated rings. The lowest BCUT2D eigenvalue weighted by Crippen LogP contribution is -2.66. The van der Waals surface area contributed by atoms with Crippen LogP contribution in [-0.2, 0) is 47.7 Å². The molecule has 3 rings (SSSR count). The number of thiocarbonyl (C=S) groups is 1. The molecule has 11 nitrogen and oxygen atoms in total. The van der Waals surface area contributed by atoms with Crippen molar-refractivity contribution in [3.63, 3.8) is 0 Å². The summed E-state index contributed by atoms with van der Waals surface area (Å²) in [6.07, 6.45) is -5.49. The second kappa shape index (κ2) is 13.1. The summed E-state index contributed by atoms with van der Waals surface area (Å²) in [6.45, 7) is 4.01. The third kappa shape index (κ3) is 7.70. The van der Waals surface area contributed by atoms with Crippen molar-refractivity contribution < 1.29 is 47.7 Å². The number of rotatable bonds is 7. The summed E-state index contributed by atoms with van der Waals surface area (Å²) in [5.41, 5.74) is 0.489. The zero-order valence-corrected chi connectivity index (χ0v) is 24.2. The minimum Gasteiger partial charge on any atom is -0.463 e. The van der Waals surface area contributed by atoms with E-state index in [1.165, 1.54) is 12.1 Å². The normalized spacial score (nSPS) is 25.8. The molecule has 0 bridgehead atoms. The number of thioether (sulfide) groups is 1. The Balaban J connectivity index is 2.06. The van der Waals surface area contributed by atoms with Gasteiger partial charge >= 0.3 is 23.9 Å². The Morgan fingerprint density at radius 3 is 2.13 bits per heavy atom. The first-order chi connectivity index (χ1) is 18.3. The van der Waals surface area contributed by atoms with Crippen molar-refractivity contribution >= 4 is 87.4 Å². The Morgan fingerprint density at radius 1 is 0.974 bits per heavy atom. The van der Waals surface area contributed by atoms with Gasteiger partial charge in [-0.1, -0.05) is 53.2 Å². The van der Waals surface area contributed by atoms with E-state index in [4.69, 9.17) is 59.1 Å². The first-order valence-corrected chi connectivity index (χ1v) is 13.3. The number of esters is 4. The molecule has 5 atom stereocenters. The molecule has 0 N–H and O–H groups in total. The maximum absolute atomic E-state index is 13.6. The molecule has 2 aliphatic rings. The fourth-order valence-electron chi connectivity index (χ4n) is 3.87. The van der Waals surface area contributed by atoms with Gasteiger partial charge in [0, 0.05) is 37.7 Å². The molecule has 210 valence electrons. The van der Waals surface area contributed by atoms with Gasteiger partial charge in [0.2, 0.25) is 0 Å². The summed E-state index contributed by atoms with van der Waals surface area (Å²) in [4.78, 5) is 62.4. The van der Waals surface area contributed by atoms with Gasteiger partial charge in [-0.3, -0.25) is 28.9 Å². The number of ether oxygens (including phenoxy) is 5. The SMILES string of the molecule is CC(=O)OC[C@H]1O[C@@H](N2C(=O)/C(=C\c3ccc(Cl)cc3Cl)SC2=S)[C@@H](OC(C)=O)[C@@H](OC(C)=O)[C@H]1OC(C)=O. The number of halogens is 2. The molecule has 1 aromatic rings. The van der Waals surface area contributed by atoms with Gasteiger partial charge in [0.05, 0.1) is 4.91 Å². The minimum atomic E-state index is -1.48. The quantitative estimate of drug-likeness (QED) is 0.192. The molecule has 0 radical (unpaired) electrons. The zero-order valence-electron chi connectivity index (χ0n) is 21.0. The van der Waals surface area contributed by atoms with E-state index in [-0.39, 0.29) is 9.23 Å². The van der Waals surface area contributed by atoms with Crippen LogP contribution in [0.5, 0.6) is 0 Å². The van der Waals surface area contributed by atoms with E-state index in [1.807, 2.05) is 0 Å². The third-order valence-corrected chi connectivity index (χ3v) is 7.19. The standard InChI is InChI=1S/C24H23Cl2NO10S2/c1-10(28)33-9-17-19(34-11(2)29)20(35-12(3)30)21(36-13(4)31)23(37-17)27-22(32)18(39-24(27)38)7-14-5-6-15(25)8-16(14)26/h5-8,17,19-21,23H,9H2,1-4H3/b18-7+/t17-,19+,20+,21+,23-/m1/s1.